The Labute approximate surface area is 104 Å². The van der Waals surface area contributed by atoms with Gasteiger partial charge in [-0.05, 0) is 37.5 Å². The van der Waals surface area contributed by atoms with E-state index in [-0.39, 0.29) is 18.6 Å². The maximum atomic E-state index is 8.89. The van der Waals surface area contributed by atoms with Gasteiger partial charge in [-0.15, -0.1) is 0 Å². The number of nitrogens with two attached hydrogens (primary N) is 1. The molecule has 2 unspecified atom stereocenters. The van der Waals surface area contributed by atoms with Gasteiger partial charge in [0.25, 0.3) is 0 Å². The van der Waals surface area contributed by atoms with Gasteiger partial charge in [0.1, 0.15) is 5.75 Å². The molecule has 1 rings (SSSR count). The molecule has 0 aliphatic carbocycles. The molecule has 17 heavy (non-hydrogen) atoms. The van der Waals surface area contributed by atoms with E-state index in [0.717, 1.165) is 18.6 Å². The lowest BCUT2D eigenvalue weighted by atomic mass is 10.1. The summed E-state index contributed by atoms with van der Waals surface area (Å²) in [6.45, 7) is 4.69. The molecule has 3 heteroatoms. The average Bonchev–Trinajstić information content (AvgIpc) is 2.34. The van der Waals surface area contributed by atoms with Crippen molar-refractivity contribution in [1.29, 1.82) is 0 Å². The molecule has 96 valence electrons. The molecule has 0 spiro atoms. The number of rotatable bonds is 7. The number of ether oxygens (including phenoxy) is 1. The molecule has 0 heterocycles. The van der Waals surface area contributed by atoms with Gasteiger partial charge >= 0.3 is 0 Å². The van der Waals surface area contributed by atoms with Crippen LogP contribution in [0.25, 0.3) is 0 Å². The van der Waals surface area contributed by atoms with Crippen LogP contribution in [0.1, 0.15) is 25.8 Å². The van der Waals surface area contributed by atoms with E-state index in [9.17, 15) is 0 Å². The summed E-state index contributed by atoms with van der Waals surface area (Å²) in [5, 5.41) is 8.89. The van der Waals surface area contributed by atoms with Gasteiger partial charge in [-0.2, -0.15) is 0 Å². The van der Waals surface area contributed by atoms with Crippen molar-refractivity contribution in [2.45, 2.75) is 32.7 Å². The second-order valence-corrected chi connectivity index (χ2v) is 4.76. The van der Waals surface area contributed by atoms with Crippen molar-refractivity contribution in [1.82, 2.24) is 0 Å². The SMILES string of the molecule is CC(N)CCc1ccc(OCC(C)CO)cc1. The maximum Gasteiger partial charge on any atom is 0.119 e. The molecule has 0 aliphatic heterocycles. The molecule has 3 N–H and O–H groups in total. The Kier molecular flexibility index (Phi) is 6.01. The van der Waals surface area contributed by atoms with E-state index in [1.54, 1.807) is 0 Å². The van der Waals surface area contributed by atoms with Crippen LogP contribution in [0.5, 0.6) is 5.75 Å². The number of aryl methyl sites for hydroxylation is 1. The van der Waals surface area contributed by atoms with E-state index < -0.39 is 0 Å². The van der Waals surface area contributed by atoms with E-state index in [0.29, 0.717) is 6.61 Å². The molecule has 0 amide bonds. The highest BCUT2D eigenvalue weighted by atomic mass is 16.5. The fourth-order valence-electron chi connectivity index (χ4n) is 1.44. The monoisotopic (exact) mass is 237 g/mol. The Balaban J connectivity index is 2.39. The molecule has 0 aliphatic rings. The Morgan fingerprint density at radius 2 is 1.88 bits per heavy atom. The first-order valence-corrected chi connectivity index (χ1v) is 6.20. The van der Waals surface area contributed by atoms with Crippen LogP contribution in [0.4, 0.5) is 0 Å². The molecule has 0 bridgehead atoms. The second-order valence-electron chi connectivity index (χ2n) is 4.76. The third kappa shape index (κ3) is 5.71. The number of hydrogen-bond donors (Lipinski definition) is 2. The molecule has 0 aromatic heterocycles. The van der Waals surface area contributed by atoms with Gasteiger partial charge in [0, 0.05) is 18.6 Å². The zero-order valence-electron chi connectivity index (χ0n) is 10.7. The van der Waals surface area contributed by atoms with Crippen molar-refractivity contribution in [2.24, 2.45) is 11.7 Å². The lowest BCUT2D eigenvalue weighted by molar-refractivity contribution is 0.174. The minimum absolute atomic E-state index is 0.159. The Bertz CT molecular complexity index is 309. The molecule has 0 saturated carbocycles. The van der Waals surface area contributed by atoms with Crippen LogP contribution < -0.4 is 10.5 Å². The van der Waals surface area contributed by atoms with Crippen LogP contribution in [-0.2, 0) is 6.42 Å². The smallest absolute Gasteiger partial charge is 0.119 e. The standard InChI is InChI=1S/C14H23NO2/c1-11(9-16)10-17-14-7-5-13(6-8-14)4-3-12(2)15/h5-8,11-12,16H,3-4,9-10,15H2,1-2H3. The first-order chi connectivity index (χ1) is 8.11. The predicted octanol–water partition coefficient (Wildman–Crippen LogP) is 1.97. The molecule has 0 fully saturated rings. The molecule has 2 atom stereocenters. The number of aliphatic hydroxyl groups is 1. The van der Waals surface area contributed by atoms with E-state index in [2.05, 4.69) is 12.1 Å². The van der Waals surface area contributed by atoms with Crippen molar-refractivity contribution >= 4 is 0 Å². The summed E-state index contributed by atoms with van der Waals surface area (Å²) in [5.41, 5.74) is 7.00. The summed E-state index contributed by atoms with van der Waals surface area (Å²) in [5.74, 6) is 1.03. The van der Waals surface area contributed by atoms with Crippen molar-refractivity contribution < 1.29 is 9.84 Å². The highest BCUT2D eigenvalue weighted by Crippen LogP contribution is 2.14. The molecular formula is C14H23NO2. The summed E-state index contributed by atoms with van der Waals surface area (Å²) < 4.78 is 5.55. The third-order valence-electron chi connectivity index (χ3n) is 2.66. The number of hydrogen-bond acceptors (Lipinski definition) is 3. The predicted molar refractivity (Wildman–Crippen MR) is 70.2 cm³/mol. The molecular weight excluding hydrogens is 214 g/mol. The van der Waals surface area contributed by atoms with E-state index in [1.807, 2.05) is 26.0 Å². The van der Waals surface area contributed by atoms with Gasteiger partial charge in [0.15, 0.2) is 0 Å². The van der Waals surface area contributed by atoms with Crippen LogP contribution in [0.3, 0.4) is 0 Å². The minimum atomic E-state index is 0.159. The fraction of sp³-hybridized carbons (Fsp3) is 0.571. The lowest BCUT2D eigenvalue weighted by Gasteiger charge is -2.11. The van der Waals surface area contributed by atoms with Gasteiger partial charge in [-0.25, -0.2) is 0 Å². The van der Waals surface area contributed by atoms with Crippen molar-refractivity contribution in [3.63, 3.8) is 0 Å². The van der Waals surface area contributed by atoms with Crippen LogP contribution in [0.2, 0.25) is 0 Å². The quantitative estimate of drug-likeness (QED) is 0.762. The van der Waals surface area contributed by atoms with Gasteiger partial charge in [-0.1, -0.05) is 19.1 Å². The fourth-order valence-corrected chi connectivity index (χ4v) is 1.44. The highest BCUT2D eigenvalue weighted by Gasteiger charge is 2.02. The lowest BCUT2D eigenvalue weighted by Crippen LogP contribution is -2.15. The van der Waals surface area contributed by atoms with E-state index in [1.165, 1.54) is 5.56 Å². The molecule has 0 radical (unpaired) electrons. The molecule has 0 saturated heterocycles. The van der Waals surface area contributed by atoms with Crippen LogP contribution in [-0.4, -0.2) is 24.4 Å². The zero-order valence-corrected chi connectivity index (χ0v) is 10.7. The van der Waals surface area contributed by atoms with E-state index >= 15 is 0 Å². The van der Waals surface area contributed by atoms with Gasteiger partial charge in [-0.3, -0.25) is 0 Å². The maximum absolute atomic E-state index is 8.89. The summed E-state index contributed by atoms with van der Waals surface area (Å²) >= 11 is 0. The normalized spacial score (nSPS) is 14.4. The highest BCUT2D eigenvalue weighted by molar-refractivity contribution is 5.27. The van der Waals surface area contributed by atoms with Crippen molar-refractivity contribution in [2.75, 3.05) is 13.2 Å². The largest absolute Gasteiger partial charge is 0.493 e. The van der Waals surface area contributed by atoms with Gasteiger partial charge < -0.3 is 15.6 Å². The summed E-state index contributed by atoms with van der Waals surface area (Å²) in [6.07, 6.45) is 2.01. The first kappa shape index (κ1) is 14.0. The van der Waals surface area contributed by atoms with Crippen LogP contribution in [0.15, 0.2) is 24.3 Å². The first-order valence-electron chi connectivity index (χ1n) is 6.20. The summed E-state index contributed by atoms with van der Waals surface area (Å²) in [4.78, 5) is 0. The minimum Gasteiger partial charge on any atom is -0.493 e. The topological polar surface area (TPSA) is 55.5 Å². The summed E-state index contributed by atoms with van der Waals surface area (Å²) in [7, 11) is 0. The van der Waals surface area contributed by atoms with E-state index in [4.69, 9.17) is 15.6 Å². The zero-order chi connectivity index (χ0) is 12.7. The van der Waals surface area contributed by atoms with Crippen molar-refractivity contribution in [3.05, 3.63) is 29.8 Å². The molecule has 3 nitrogen and oxygen atoms in total. The van der Waals surface area contributed by atoms with Crippen LogP contribution in [0, 0.1) is 5.92 Å². The second kappa shape index (κ2) is 7.30. The molecule has 1 aromatic rings. The van der Waals surface area contributed by atoms with Crippen molar-refractivity contribution in [3.8, 4) is 5.75 Å². The number of aliphatic hydroxyl groups excluding tert-OH is 1. The van der Waals surface area contributed by atoms with Crippen LogP contribution >= 0.6 is 0 Å². The molecule has 1 aromatic carbocycles. The Morgan fingerprint density at radius 3 is 2.41 bits per heavy atom. The Hall–Kier alpha value is -1.06. The van der Waals surface area contributed by atoms with Gasteiger partial charge in [0.05, 0.1) is 6.61 Å². The van der Waals surface area contributed by atoms with Gasteiger partial charge in [0.2, 0.25) is 0 Å². The average molecular weight is 237 g/mol. The summed E-state index contributed by atoms with van der Waals surface area (Å²) in [6, 6.07) is 8.33. The number of benzene rings is 1. The third-order valence-corrected chi connectivity index (χ3v) is 2.66. The Morgan fingerprint density at radius 1 is 1.24 bits per heavy atom.